The summed E-state index contributed by atoms with van der Waals surface area (Å²) < 4.78 is 0. The van der Waals surface area contributed by atoms with Gasteiger partial charge in [0.1, 0.15) is 5.69 Å². The van der Waals surface area contributed by atoms with E-state index in [0.29, 0.717) is 12.1 Å². The maximum Gasteiger partial charge on any atom is 0.181 e. The minimum atomic E-state index is 0.153. The molecule has 0 radical (unpaired) electrons. The molecule has 1 aromatic rings. The molecule has 0 fully saturated rings. The maximum atomic E-state index is 11.5. The maximum absolute atomic E-state index is 11.5. The molecule has 1 aromatic heterocycles. The Morgan fingerprint density at radius 1 is 1.46 bits per heavy atom. The molecule has 0 amide bonds. The van der Waals surface area contributed by atoms with Crippen molar-refractivity contribution in [1.29, 1.82) is 0 Å². The zero-order valence-corrected chi connectivity index (χ0v) is 8.42. The smallest absolute Gasteiger partial charge is 0.181 e. The Bertz CT molecular complexity index is 318. The average Bonchev–Trinajstić information content (AvgIpc) is 2.04. The van der Waals surface area contributed by atoms with Crippen LogP contribution in [0.2, 0.25) is 0 Å². The second-order valence-electron chi connectivity index (χ2n) is 3.35. The summed E-state index contributed by atoms with van der Waals surface area (Å²) >= 11 is 0. The highest BCUT2D eigenvalue weighted by atomic mass is 16.1. The van der Waals surface area contributed by atoms with E-state index in [1.54, 1.807) is 6.20 Å². The average molecular weight is 177 g/mol. The number of aromatic nitrogens is 1. The first-order chi connectivity index (χ1) is 6.15. The molecule has 0 spiro atoms. The molecule has 0 unspecified atom stereocenters. The van der Waals surface area contributed by atoms with Gasteiger partial charge in [-0.15, -0.1) is 0 Å². The lowest BCUT2D eigenvalue weighted by Gasteiger charge is -2.03. The van der Waals surface area contributed by atoms with Crippen molar-refractivity contribution < 1.29 is 4.79 Å². The van der Waals surface area contributed by atoms with E-state index in [1.165, 1.54) is 0 Å². The standard InChI is InChI=1S/C11H15NO/c1-4-5-10(13)11-9(3)6-8(2)7-12-11/h6-7H,4-5H2,1-3H3. The number of nitrogens with zero attached hydrogens (tertiary/aromatic N) is 1. The predicted octanol–water partition coefficient (Wildman–Crippen LogP) is 2.68. The Morgan fingerprint density at radius 3 is 2.69 bits per heavy atom. The van der Waals surface area contributed by atoms with Crippen LogP contribution in [-0.2, 0) is 0 Å². The van der Waals surface area contributed by atoms with E-state index < -0.39 is 0 Å². The number of Topliss-reactive ketones (excluding diaryl/α,β-unsaturated/α-hetero) is 1. The van der Waals surface area contributed by atoms with Crippen molar-refractivity contribution in [3.63, 3.8) is 0 Å². The first-order valence-corrected chi connectivity index (χ1v) is 4.61. The Labute approximate surface area is 79.0 Å². The summed E-state index contributed by atoms with van der Waals surface area (Å²) in [4.78, 5) is 15.7. The van der Waals surface area contributed by atoms with Crippen molar-refractivity contribution in [3.05, 3.63) is 29.1 Å². The Balaban J connectivity index is 2.95. The Morgan fingerprint density at radius 2 is 2.15 bits per heavy atom. The molecule has 2 nitrogen and oxygen atoms in total. The first kappa shape index (κ1) is 9.90. The Kier molecular flexibility index (Phi) is 3.18. The molecule has 0 aliphatic carbocycles. The van der Waals surface area contributed by atoms with Crippen LogP contribution in [-0.4, -0.2) is 10.8 Å². The van der Waals surface area contributed by atoms with E-state index >= 15 is 0 Å². The number of pyridine rings is 1. The summed E-state index contributed by atoms with van der Waals surface area (Å²) in [7, 11) is 0. The van der Waals surface area contributed by atoms with Crippen molar-refractivity contribution in [3.8, 4) is 0 Å². The van der Waals surface area contributed by atoms with Crippen LogP contribution in [0.15, 0.2) is 12.3 Å². The zero-order valence-electron chi connectivity index (χ0n) is 8.42. The second-order valence-corrected chi connectivity index (χ2v) is 3.35. The molecule has 0 saturated heterocycles. The SMILES string of the molecule is CCCC(=O)c1ncc(C)cc1C. The summed E-state index contributed by atoms with van der Waals surface area (Å²) in [6, 6.07) is 2.00. The quantitative estimate of drug-likeness (QED) is 0.664. The number of carbonyl (C=O) groups is 1. The highest BCUT2D eigenvalue weighted by molar-refractivity contribution is 5.95. The molecule has 0 saturated carbocycles. The third-order valence-corrected chi connectivity index (χ3v) is 1.96. The molecule has 0 aliphatic rings. The lowest BCUT2D eigenvalue weighted by atomic mass is 10.1. The van der Waals surface area contributed by atoms with Crippen molar-refractivity contribution in [2.24, 2.45) is 0 Å². The van der Waals surface area contributed by atoms with Crippen LogP contribution in [0, 0.1) is 13.8 Å². The highest BCUT2D eigenvalue weighted by Gasteiger charge is 2.08. The number of rotatable bonds is 3. The number of aryl methyl sites for hydroxylation is 2. The molecule has 2 heteroatoms. The molecule has 70 valence electrons. The van der Waals surface area contributed by atoms with Crippen LogP contribution in [0.3, 0.4) is 0 Å². The van der Waals surface area contributed by atoms with Gasteiger partial charge in [-0.25, -0.2) is 0 Å². The van der Waals surface area contributed by atoms with Crippen LogP contribution < -0.4 is 0 Å². The van der Waals surface area contributed by atoms with Crippen LogP contribution >= 0.6 is 0 Å². The van der Waals surface area contributed by atoms with Gasteiger partial charge in [0, 0.05) is 12.6 Å². The van der Waals surface area contributed by atoms with Gasteiger partial charge in [0.05, 0.1) is 0 Å². The highest BCUT2D eigenvalue weighted by Crippen LogP contribution is 2.09. The molecule has 1 rings (SSSR count). The van der Waals surface area contributed by atoms with Crippen molar-refractivity contribution in [2.45, 2.75) is 33.6 Å². The first-order valence-electron chi connectivity index (χ1n) is 4.61. The van der Waals surface area contributed by atoms with Gasteiger partial charge < -0.3 is 0 Å². The molecule has 13 heavy (non-hydrogen) atoms. The fourth-order valence-electron chi connectivity index (χ4n) is 1.35. The summed E-state index contributed by atoms with van der Waals surface area (Å²) in [5.41, 5.74) is 2.72. The summed E-state index contributed by atoms with van der Waals surface area (Å²) in [6.07, 6.45) is 3.22. The van der Waals surface area contributed by atoms with Gasteiger partial charge in [-0.3, -0.25) is 9.78 Å². The topological polar surface area (TPSA) is 30.0 Å². The van der Waals surface area contributed by atoms with Crippen LogP contribution in [0.5, 0.6) is 0 Å². The molecule has 0 bridgehead atoms. The van der Waals surface area contributed by atoms with Gasteiger partial charge in [-0.05, 0) is 31.4 Å². The zero-order chi connectivity index (χ0) is 9.84. The Hall–Kier alpha value is -1.18. The molecular formula is C11H15NO. The molecule has 0 aromatic carbocycles. The summed E-state index contributed by atoms with van der Waals surface area (Å²) in [6.45, 7) is 5.92. The largest absolute Gasteiger partial charge is 0.292 e. The van der Waals surface area contributed by atoms with Gasteiger partial charge >= 0.3 is 0 Å². The minimum absolute atomic E-state index is 0.153. The van der Waals surface area contributed by atoms with Gasteiger partial charge in [0.25, 0.3) is 0 Å². The van der Waals surface area contributed by atoms with Gasteiger partial charge in [0.15, 0.2) is 5.78 Å². The van der Waals surface area contributed by atoms with Crippen LogP contribution in [0.25, 0.3) is 0 Å². The number of ketones is 1. The third kappa shape index (κ3) is 2.38. The number of hydrogen-bond donors (Lipinski definition) is 0. The van der Waals surface area contributed by atoms with E-state index in [9.17, 15) is 4.79 Å². The fraction of sp³-hybridized carbons (Fsp3) is 0.455. The van der Waals surface area contributed by atoms with E-state index in [2.05, 4.69) is 4.98 Å². The van der Waals surface area contributed by atoms with E-state index in [0.717, 1.165) is 17.5 Å². The number of hydrogen-bond acceptors (Lipinski definition) is 2. The van der Waals surface area contributed by atoms with E-state index in [1.807, 2.05) is 26.8 Å². The normalized spacial score (nSPS) is 10.1. The molecular weight excluding hydrogens is 162 g/mol. The van der Waals surface area contributed by atoms with Crippen molar-refractivity contribution in [1.82, 2.24) is 4.98 Å². The molecule has 0 atom stereocenters. The fourth-order valence-corrected chi connectivity index (χ4v) is 1.35. The van der Waals surface area contributed by atoms with Crippen molar-refractivity contribution >= 4 is 5.78 Å². The summed E-state index contributed by atoms with van der Waals surface area (Å²) in [5.74, 6) is 0.153. The second kappa shape index (κ2) is 4.17. The minimum Gasteiger partial charge on any atom is -0.292 e. The molecule has 1 heterocycles. The van der Waals surface area contributed by atoms with Gasteiger partial charge in [-0.1, -0.05) is 13.0 Å². The van der Waals surface area contributed by atoms with Gasteiger partial charge in [0.2, 0.25) is 0 Å². The molecule has 0 aliphatic heterocycles. The lowest BCUT2D eigenvalue weighted by molar-refractivity contribution is 0.0976. The summed E-state index contributed by atoms with van der Waals surface area (Å²) in [5, 5.41) is 0. The molecule has 0 N–H and O–H groups in total. The van der Waals surface area contributed by atoms with E-state index in [-0.39, 0.29) is 5.78 Å². The van der Waals surface area contributed by atoms with E-state index in [4.69, 9.17) is 0 Å². The monoisotopic (exact) mass is 177 g/mol. The predicted molar refractivity (Wildman–Crippen MR) is 52.9 cm³/mol. The third-order valence-electron chi connectivity index (χ3n) is 1.96. The number of carbonyl (C=O) groups excluding carboxylic acids is 1. The van der Waals surface area contributed by atoms with Gasteiger partial charge in [-0.2, -0.15) is 0 Å². The van der Waals surface area contributed by atoms with Crippen molar-refractivity contribution in [2.75, 3.05) is 0 Å². The van der Waals surface area contributed by atoms with Crippen LogP contribution in [0.4, 0.5) is 0 Å². The van der Waals surface area contributed by atoms with Crippen LogP contribution in [0.1, 0.15) is 41.4 Å². The lowest BCUT2D eigenvalue weighted by Crippen LogP contribution is -2.04.